The van der Waals surface area contributed by atoms with Crippen molar-refractivity contribution in [2.45, 2.75) is 6.10 Å². The summed E-state index contributed by atoms with van der Waals surface area (Å²) in [6, 6.07) is 9.78. The summed E-state index contributed by atoms with van der Waals surface area (Å²) in [7, 11) is 3.04. The molecule has 1 unspecified atom stereocenters. The Morgan fingerprint density at radius 1 is 1.10 bits per heavy atom. The van der Waals surface area contributed by atoms with Crippen molar-refractivity contribution in [3.8, 4) is 11.5 Å². The molecule has 20 heavy (non-hydrogen) atoms. The number of halogens is 2. The van der Waals surface area contributed by atoms with E-state index >= 15 is 0 Å². The molecule has 2 aromatic rings. The van der Waals surface area contributed by atoms with Gasteiger partial charge in [0, 0.05) is 5.56 Å². The molecule has 2 rings (SSSR count). The van der Waals surface area contributed by atoms with E-state index in [4.69, 9.17) is 9.47 Å². The van der Waals surface area contributed by atoms with Crippen LogP contribution in [0.1, 0.15) is 17.2 Å². The number of aliphatic hydroxyl groups is 1. The van der Waals surface area contributed by atoms with Gasteiger partial charge in [0.25, 0.3) is 0 Å². The van der Waals surface area contributed by atoms with E-state index in [9.17, 15) is 9.50 Å². The maximum absolute atomic E-state index is 14.0. The van der Waals surface area contributed by atoms with E-state index in [0.717, 1.165) is 0 Å². The molecule has 1 atom stereocenters. The number of benzene rings is 2. The molecule has 5 heteroatoms. The van der Waals surface area contributed by atoms with Gasteiger partial charge in [-0.25, -0.2) is 4.39 Å². The summed E-state index contributed by atoms with van der Waals surface area (Å²) in [6.07, 6.45) is -1.08. The van der Waals surface area contributed by atoms with Crippen LogP contribution >= 0.6 is 15.9 Å². The molecule has 0 aliphatic rings. The van der Waals surface area contributed by atoms with E-state index in [2.05, 4.69) is 15.9 Å². The summed E-state index contributed by atoms with van der Waals surface area (Å²) in [5.74, 6) is 0.562. The quantitative estimate of drug-likeness (QED) is 0.922. The molecule has 0 spiro atoms. The molecule has 0 fully saturated rings. The van der Waals surface area contributed by atoms with E-state index in [1.807, 2.05) is 0 Å². The zero-order valence-electron chi connectivity index (χ0n) is 11.1. The highest BCUT2D eigenvalue weighted by Crippen LogP contribution is 2.33. The number of aliphatic hydroxyl groups excluding tert-OH is 1. The Hall–Kier alpha value is -1.59. The van der Waals surface area contributed by atoms with Gasteiger partial charge >= 0.3 is 0 Å². The lowest BCUT2D eigenvalue weighted by Crippen LogP contribution is -2.04. The van der Waals surface area contributed by atoms with Crippen LogP contribution in [0.3, 0.4) is 0 Å². The first-order valence-corrected chi connectivity index (χ1v) is 6.71. The molecule has 0 aliphatic carbocycles. The number of ether oxygens (including phenoxy) is 2. The van der Waals surface area contributed by atoms with E-state index in [1.54, 1.807) is 36.4 Å². The summed E-state index contributed by atoms with van der Waals surface area (Å²) < 4.78 is 24.6. The standard InChI is InChI=1S/C15H14BrFO3/c1-19-12-7-6-9(8-13(12)20-2)15(18)10-4-3-5-11(16)14(10)17/h3-8,15,18H,1-2H3. The third kappa shape index (κ3) is 2.78. The number of hydrogen-bond acceptors (Lipinski definition) is 3. The topological polar surface area (TPSA) is 38.7 Å². The highest BCUT2D eigenvalue weighted by atomic mass is 79.9. The van der Waals surface area contributed by atoms with Crippen molar-refractivity contribution in [1.29, 1.82) is 0 Å². The molecule has 0 aliphatic heterocycles. The van der Waals surface area contributed by atoms with Crippen molar-refractivity contribution in [3.63, 3.8) is 0 Å². The maximum Gasteiger partial charge on any atom is 0.161 e. The van der Waals surface area contributed by atoms with Crippen molar-refractivity contribution in [2.24, 2.45) is 0 Å². The van der Waals surface area contributed by atoms with Gasteiger partial charge < -0.3 is 14.6 Å². The predicted octanol–water partition coefficient (Wildman–Crippen LogP) is 3.69. The van der Waals surface area contributed by atoms with Gasteiger partial charge in [0.2, 0.25) is 0 Å². The van der Waals surface area contributed by atoms with Crippen LogP contribution in [-0.4, -0.2) is 19.3 Å². The molecule has 3 nitrogen and oxygen atoms in total. The molecule has 0 amide bonds. The summed E-state index contributed by atoms with van der Waals surface area (Å²) in [6.45, 7) is 0. The molecule has 0 radical (unpaired) electrons. The van der Waals surface area contributed by atoms with Crippen LogP contribution < -0.4 is 9.47 Å². The fourth-order valence-corrected chi connectivity index (χ4v) is 2.32. The van der Waals surface area contributed by atoms with Gasteiger partial charge in [-0.3, -0.25) is 0 Å². The van der Waals surface area contributed by atoms with Crippen molar-refractivity contribution in [3.05, 3.63) is 57.8 Å². The highest BCUT2D eigenvalue weighted by Gasteiger charge is 2.18. The minimum absolute atomic E-state index is 0.201. The highest BCUT2D eigenvalue weighted by molar-refractivity contribution is 9.10. The lowest BCUT2D eigenvalue weighted by atomic mass is 10.0. The number of hydrogen-bond donors (Lipinski definition) is 1. The third-order valence-corrected chi connectivity index (χ3v) is 3.61. The van der Waals surface area contributed by atoms with Crippen molar-refractivity contribution in [1.82, 2.24) is 0 Å². The molecule has 0 aromatic heterocycles. The first-order chi connectivity index (χ1) is 9.58. The Bertz CT molecular complexity index is 616. The molecule has 0 saturated heterocycles. The van der Waals surface area contributed by atoms with Gasteiger partial charge in [-0.15, -0.1) is 0 Å². The Morgan fingerprint density at radius 2 is 1.80 bits per heavy atom. The molecule has 1 N–H and O–H groups in total. The van der Waals surface area contributed by atoms with Crippen LogP contribution in [0.4, 0.5) is 4.39 Å². The molecular formula is C15H14BrFO3. The summed E-state index contributed by atoms with van der Waals surface area (Å²) in [5, 5.41) is 10.3. The monoisotopic (exact) mass is 340 g/mol. The van der Waals surface area contributed by atoms with Crippen LogP contribution in [0.2, 0.25) is 0 Å². The Labute approximate surface area is 125 Å². The van der Waals surface area contributed by atoms with Crippen molar-refractivity contribution >= 4 is 15.9 Å². The average Bonchev–Trinajstić information content (AvgIpc) is 2.48. The normalized spacial score (nSPS) is 12.1. The molecule has 0 saturated carbocycles. The first-order valence-electron chi connectivity index (χ1n) is 5.92. The zero-order valence-corrected chi connectivity index (χ0v) is 12.6. The fraction of sp³-hybridized carbons (Fsp3) is 0.200. The minimum atomic E-state index is -1.08. The Balaban J connectivity index is 2.43. The summed E-state index contributed by atoms with van der Waals surface area (Å²) >= 11 is 3.11. The maximum atomic E-state index is 14.0. The second-order valence-electron chi connectivity index (χ2n) is 4.16. The molecule has 0 bridgehead atoms. The summed E-state index contributed by atoms with van der Waals surface area (Å²) in [5.41, 5.74) is 0.728. The fourth-order valence-electron chi connectivity index (χ4n) is 1.93. The van der Waals surface area contributed by atoms with Crippen molar-refractivity contribution < 1.29 is 19.0 Å². The van der Waals surface area contributed by atoms with E-state index < -0.39 is 11.9 Å². The third-order valence-electron chi connectivity index (χ3n) is 3.00. The minimum Gasteiger partial charge on any atom is -0.493 e. The smallest absolute Gasteiger partial charge is 0.161 e. The molecule has 0 heterocycles. The average molecular weight is 341 g/mol. The van der Waals surface area contributed by atoms with Gasteiger partial charge in [0.1, 0.15) is 11.9 Å². The van der Waals surface area contributed by atoms with Crippen LogP contribution in [0.25, 0.3) is 0 Å². The van der Waals surface area contributed by atoms with Gasteiger partial charge in [-0.05, 0) is 39.7 Å². The van der Waals surface area contributed by atoms with E-state index in [-0.39, 0.29) is 5.56 Å². The number of methoxy groups -OCH3 is 2. The van der Waals surface area contributed by atoms with Crippen LogP contribution in [0.5, 0.6) is 11.5 Å². The zero-order chi connectivity index (χ0) is 14.7. The Morgan fingerprint density at radius 3 is 2.45 bits per heavy atom. The van der Waals surface area contributed by atoms with Crippen LogP contribution in [0, 0.1) is 5.82 Å². The van der Waals surface area contributed by atoms with Crippen molar-refractivity contribution in [2.75, 3.05) is 14.2 Å². The molecule has 2 aromatic carbocycles. The Kier molecular flexibility index (Phi) is 4.62. The van der Waals surface area contributed by atoms with Crippen LogP contribution in [0.15, 0.2) is 40.9 Å². The SMILES string of the molecule is COc1ccc(C(O)c2cccc(Br)c2F)cc1OC. The van der Waals surface area contributed by atoms with Gasteiger partial charge in [0.15, 0.2) is 11.5 Å². The van der Waals surface area contributed by atoms with E-state index in [1.165, 1.54) is 14.2 Å². The molecule has 106 valence electrons. The lowest BCUT2D eigenvalue weighted by molar-refractivity contribution is 0.214. The van der Waals surface area contributed by atoms with Crippen LogP contribution in [-0.2, 0) is 0 Å². The number of rotatable bonds is 4. The lowest BCUT2D eigenvalue weighted by Gasteiger charge is -2.15. The second-order valence-corrected chi connectivity index (χ2v) is 5.01. The largest absolute Gasteiger partial charge is 0.493 e. The molecular weight excluding hydrogens is 327 g/mol. The predicted molar refractivity (Wildman–Crippen MR) is 77.7 cm³/mol. The van der Waals surface area contributed by atoms with Gasteiger partial charge in [-0.1, -0.05) is 18.2 Å². The first kappa shape index (κ1) is 14.8. The van der Waals surface area contributed by atoms with Gasteiger partial charge in [0.05, 0.1) is 18.7 Å². The summed E-state index contributed by atoms with van der Waals surface area (Å²) in [4.78, 5) is 0. The second kappa shape index (κ2) is 6.24. The van der Waals surface area contributed by atoms with E-state index in [0.29, 0.717) is 21.5 Å². The van der Waals surface area contributed by atoms with Gasteiger partial charge in [-0.2, -0.15) is 0 Å².